The topological polar surface area (TPSA) is 307 Å². The summed E-state index contributed by atoms with van der Waals surface area (Å²) in [6.07, 6.45) is 64.1. The van der Waals surface area contributed by atoms with Gasteiger partial charge in [-0.2, -0.15) is 0 Å². The number of unbranched alkanes of at least 4 members (excludes halogenated alkanes) is 37. The second-order valence-electron chi connectivity index (χ2n) is 29.9. The minimum Gasteiger partial charge on any atom is -0.394 e. The van der Waals surface area contributed by atoms with E-state index < -0.39 is 124 Å². The quantitative estimate of drug-likeness (QED) is 0.0199. The molecular formula is C87H153NO18. The molecule has 3 heterocycles. The zero-order valence-electron chi connectivity index (χ0n) is 65.9. The highest BCUT2D eigenvalue weighted by Gasteiger charge is 2.54. The summed E-state index contributed by atoms with van der Waals surface area (Å²) in [5.41, 5.74) is 0. The van der Waals surface area contributed by atoms with Crippen molar-refractivity contribution in [3.05, 3.63) is 97.2 Å². The third kappa shape index (κ3) is 45.3. The van der Waals surface area contributed by atoms with Gasteiger partial charge < -0.3 is 89.9 Å². The summed E-state index contributed by atoms with van der Waals surface area (Å²) in [6, 6.07) is -0.993. The molecular weight excluding hydrogens is 1350 g/mol. The van der Waals surface area contributed by atoms with Gasteiger partial charge in [-0.15, -0.1) is 0 Å². The predicted octanol–water partition coefficient (Wildman–Crippen LogP) is 15.1. The fourth-order valence-electron chi connectivity index (χ4n) is 13.9. The third-order valence-corrected chi connectivity index (χ3v) is 20.6. The molecule has 3 rings (SSSR count). The van der Waals surface area contributed by atoms with E-state index in [9.17, 15) is 61.0 Å². The molecule has 0 bridgehead atoms. The zero-order chi connectivity index (χ0) is 76.7. The zero-order valence-corrected chi connectivity index (χ0v) is 65.9. The van der Waals surface area contributed by atoms with Crippen molar-refractivity contribution in [3.8, 4) is 0 Å². The standard InChI is InChI=1S/C87H153NO18/c1-3-5-7-9-11-13-15-17-19-21-23-25-26-27-28-29-30-31-32-33-34-35-36-37-38-39-40-41-42-43-44-45-47-49-51-53-55-57-59-61-63-65-75(93)88-70(71(92)64-62-60-58-56-54-52-50-48-46-24-22-20-18-16-14-12-10-8-6-4-2)69-101-85-81(99)78(96)83(73(67-90)103-85)106-87-82(100)79(97)84(74(68-91)104-87)105-86-80(98)77(95)76(94)72(66-89)102-86/h5,7,11,13,17,19,23,25,27-28,30-31,54,56,62,64,70-74,76-87,89-92,94-100H,3-4,6,8-10,12,14-16,18,20-22,24,26,29,32-53,55,57-61,63,65-69H2,1-2H3,(H,88,93)/b7-5-,13-11-,19-17-,25-23-,28-27-,31-30-,56-54+,64-62+. The van der Waals surface area contributed by atoms with E-state index in [1.165, 1.54) is 205 Å². The SMILES string of the molecule is CC/C=C\C/C=C\C/C=C\C/C=C\C/C=C\C/C=C\CCCCCCCCCCCCCCCCCCCCCCCCC(=O)NC(COC1OC(CO)C(OC2OC(CO)C(OC3OC(CO)C(O)C(O)C3O)C(O)C2O)C(O)C1O)C(O)/C=C/CC/C=C/CCCCCCCCCCCCCCCC. The first-order valence-corrected chi connectivity index (χ1v) is 42.5. The molecule has 3 aliphatic rings. The molecule has 0 radical (unpaired) electrons. The number of carbonyl (C=O) groups excluding carboxylic acids is 1. The lowest BCUT2D eigenvalue weighted by molar-refractivity contribution is -0.379. The van der Waals surface area contributed by atoms with Crippen molar-refractivity contribution in [2.45, 2.75) is 420 Å². The maximum Gasteiger partial charge on any atom is 0.220 e. The lowest BCUT2D eigenvalue weighted by Crippen LogP contribution is -2.66. The smallest absolute Gasteiger partial charge is 0.220 e. The van der Waals surface area contributed by atoms with Crippen molar-refractivity contribution in [3.63, 3.8) is 0 Å². The molecule has 3 fully saturated rings. The molecule has 1 amide bonds. The number of amides is 1. The first-order chi connectivity index (χ1) is 51.8. The molecule has 17 atom stereocenters. The van der Waals surface area contributed by atoms with Gasteiger partial charge in [0.05, 0.1) is 38.6 Å². The van der Waals surface area contributed by atoms with E-state index >= 15 is 0 Å². The molecule has 106 heavy (non-hydrogen) atoms. The maximum absolute atomic E-state index is 13.5. The number of hydrogen-bond donors (Lipinski definition) is 12. The average Bonchev–Trinajstić information content (AvgIpc) is 0.780. The molecule has 0 aromatic heterocycles. The highest BCUT2D eigenvalue weighted by atomic mass is 16.8. The summed E-state index contributed by atoms with van der Waals surface area (Å²) in [5, 5.41) is 121. The van der Waals surface area contributed by atoms with E-state index in [0.717, 1.165) is 77.0 Å². The van der Waals surface area contributed by atoms with Crippen molar-refractivity contribution in [2.24, 2.45) is 0 Å². The van der Waals surface area contributed by atoms with Crippen LogP contribution in [0.25, 0.3) is 0 Å². The normalized spacial score (nSPS) is 26.1. The van der Waals surface area contributed by atoms with Gasteiger partial charge in [0, 0.05) is 6.42 Å². The van der Waals surface area contributed by atoms with Crippen LogP contribution in [0.3, 0.4) is 0 Å². The lowest BCUT2D eigenvalue weighted by Gasteiger charge is -2.48. The van der Waals surface area contributed by atoms with Crippen LogP contribution >= 0.6 is 0 Å². The molecule has 614 valence electrons. The molecule has 3 saturated heterocycles. The molecule has 12 N–H and O–H groups in total. The van der Waals surface area contributed by atoms with Gasteiger partial charge in [0.25, 0.3) is 0 Å². The second-order valence-corrected chi connectivity index (χ2v) is 29.9. The number of hydrogen-bond acceptors (Lipinski definition) is 18. The molecule has 17 unspecified atom stereocenters. The number of aliphatic hydroxyl groups is 11. The van der Waals surface area contributed by atoms with E-state index in [0.29, 0.717) is 12.8 Å². The van der Waals surface area contributed by atoms with Crippen LogP contribution in [0.4, 0.5) is 0 Å². The van der Waals surface area contributed by atoms with Crippen LogP contribution in [0.1, 0.15) is 316 Å². The number of rotatable bonds is 67. The van der Waals surface area contributed by atoms with E-state index in [-0.39, 0.29) is 18.9 Å². The van der Waals surface area contributed by atoms with Gasteiger partial charge >= 0.3 is 0 Å². The van der Waals surface area contributed by atoms with Gasteiger partial charge in [-0.3, -0.25) is 4.79 Å². The number of allylic oxidation sites excluding steroid dienone is 15. The Morgan fingerprint density at radius 1 is 0.349 bits per heavy atom. The highest BCUT2D eigenvalue weighted by Crippen LogP contribution is 2.33. The predicted molar refractivity (Wildman–Crippen MR) is 424 cm³/mol. The van der Waals surface area contributed by atoms with Gasteiger partial charge in [-0.1, -0.05) is 323 Å². The van der Waals surface area contributed by atoms with Crippen LogP contribution in [-0.2, 0) is 33.2 Å². The Morgan fingerprint density at radius 2 is 0.660 bits per heavy atom. The van der Waals surface area contributed by atoms with Crippen molar-refractivity contribution in [2.75, 3.05) is 26.4 Å². The summed E-state index contributed by atoms with van der Waals surface area (Å²) >= 11 is 0. The molecule has 3 aliphatic heterocycles. The van der Waals surface area contributed by atoms with Crippen LogP contribution in [0, 0.1) is 0 Å². The van der Waals surface area contributed by atoms with Gasteiger partial charge in [0.1, 0.15) is 73.2 Å². The fraction of sp³-hybridized carbons (Fsp3) is 0.805. The molecule has 19 nitrogen and oxygen atoms in total. The summed E-state index contributed by atoms with van der Waals surface area (Å²) in [5.74, 6) is -0.282. The Bertz CT molecular complexity index is 2290. The van der Waals surface area contributed by atoms with Crippen LogP contribution in [0.5, 0.6) is 0 Å². The Kier molecular flexibility index (Phi) is 60.6. The summed E-state index contributed by atoms with van der Waals surface area (Å²) < 4.78 is 34.4. The molecule has 19 heteroatoms. The number of nitrogens with one attached hydrogen (secondary N) is 1. The maximum atomic E-state index is 13.5. The summed E-state index contributed by atoms with van der Waals surface area (Å²) in [4.78, 5) is 13.5. The molecule has 0 aromatic rings. The number of aliphatic hydroxyl groups excluding tert-OH is 11. The number of carbonyl (C=O) groups is 1. The number of ether oxygens (including phenoxy) is 6. The van der Waals surface area contributed by atoms with Crippen molar-refractivity contribution >= 4 is 5.91 Å². The van der Waals surface area contributed by atoms with E-state index in [1.54, 1.807) is 6.08 Å². The Morgan fingerprint density at radius 3 is 1.06 bits per heavy atom. The van der Waals surface area contributed by atoms with Crippen LogP contribution in [0.2, 0.25) is 0 Å². The third-order valence-electron chi connectivity index (χ3n) is 20.6. The van der Waals surface area contributed by atoms with Crippen LogP contribution < -0.4 is 5.32 Å². The molecule has 0 aromatic carbocycles. The van der Waals surface area contributed by atoms with Crippen LogP contribution in [-0.4, -0.2) is 193 Å². The lowest BCUT2D eigenvalue weighted by atomic mass is 9.96. The molecule has 0 spiro atoms. The van der Waals surface area contributed by atoms with Gasteiger partial charge in [-0.25, -0.2) is 0 Å². The molecule has 0 aliphatic carbocycles. The van der Waals surface area contributed by atoms with Crippen molar-refractivity contribution < 1.29 is 89.4 Å². The van der Waals surface area contributed by atoms with Crippen LogP contribution in [0.15, 0.2) is 97.2 Å². The van der Waals surface area contributed by atoms with Gasteiger partial charge in [0.15, 0.2) is 18.9 Å². The highest BCUT2D eigenvalue weighted by molar-refractivity contribution is 5.76. The minimum atomic E-state index is -1.98. The largest absolute Gasteiger partial charge is 0.394 e. The van der Waals surface area contributed by atoms with Gasteiger partial charge in [0.2, 0.25) is 5.91 Å². The van der Waals surface area contributed by atoms with Gasteiger partial charge in [-0.05, 0) is 83.5 Å². The Labute approximate surface area is 641 Å². The summed E-state index contributed by atoms with van der Waals surface area (Å²) in [7, 11) is 0. The second kappa shape index (κ2) is 66.3. The molecule has 0 saturated carbocycles. The minimum absolute atomic E-state index is 0.235. The fourth-order valence-corrected chi connectivity index (χ4v) is 13.9. The summed E-state index contributed by atoms with van der Waals surface area (Å²) in [6.45, 7) is 1.63. The Balaban J connectivity index is 1.31. The monoisotopic (exact) mass is 1500 g/mol. The van der Waals surface area contributed by atoms with Crippen molar-refractivity contribution in [1.29, 1.82) is 0 Å². The first-order valence-electron chi connectivity index (χ1n) is 42.5. The first kappa shape index (κ1) is 96.9. The Hall–Kier alpha value is -3.29. The van der Waals surface area contributed by atoms with E-state index in [2.05, 4.69) is 104 Å². The van der Waals surface area contributed by atoms with Crippen molar-refractivity contribution in [1.82, 2.24) is 5.32 Å². The van der Waals surface area contributed by atoms with E-state index in [1.807, 2.05) is 6.08 Å². The average molecular weight is 1500 g/mol. The van der Waals surface area contributed by atoms with E-state index in [4.69, 9.17) is 28.4 Å².